The zero-order valence-corrected chi connectivity index (χ0v) is 24.3. The summed E-state index contributed by atoms with van der Waals surface area (Å²) in [6.45, 7) is 10.9. The third-order valence-corrected chi connectivity index (χ3v) is 9.13. The third kappa shape index (κ3) is 5.91. The van der Waals surface area contributed by atoms with Gasteiger partial charge in [0.15, 0.2) is 0 Å². The molecule has 10 heteroatoms. The van der Waals surface area contributed by atoms with Crippen LogP contribution in [0.15, 0.2) is 54.6 Å². The predicted molar refractivity (Wildman–Crippen MR) is 154 cm³/mol. The van der Waals surface area contributed by atoms with Gasteiger partial charge in [-0.2, -0.15) is 0 Å². The first-order valence-corrected chi connectivity index (χ1v) is 14.5. The largest absolute Gasteiger partial charge is 0.481 e. The molecule has 2 saturated carbocycles. The van der Waals surface area contributed by atoms with Crippen LogP contribution in [-0.2, 0) is 20.5 Å². The van der Waals surface area contributed by atoms with Gasteiger partial charge in [0.2, 0.25) is 5.91 Å². The van der Waals surface area contributed by atoms with Crippen LogP contribution in [0.2, 0.25) is 0 Å². The average molecular weight is 561 g/mol. The summed E-state index contributed by atoms with van der Waals surface area (Å²) < 4.78 is 13.1. The van der Waals surface area contributed by atoms with Crippen molar-refractivity contribution in [1.29, 1.82) is 0 Å². The Morgan fingerprint density at radius 3 is 2.34 bits per heavy atom. The number of nitrogens with one attached hydrogen (secondary N) is 3. The maximum atomic E-state index is 13.9. The Labute approximate surface area is 241 Å². The van der Waals surface area contributed by atoms with Gasteiger partial charge in [-0.1, -0.05) is 64.1 Å². The van der Waals surface area contributed by atoms with Gasteiger partial charge in [-0.05, 0) is 66.7 Å². The summed E-state index contributed by atoms with van der Waals surface area (Å²) in [5.74, 6) is -0.635. The molecule has 2 aromatic carbocycles. The number of rotatable bonds is 10. The smallest absolute Gasteiger partial charge is 0.404 e. The van der Waals surface area contributed by atoms with E-state index >= 15 is 0 Å². The van der Waals surface area contributed by atoms with Crippen molar-refractivity contribution in [3.8, 4) is 0 Å². The van der Waals surface area contributed by atoms with Crippen molar-refractivity contribution >= 4 is 24.8 Å². The summed E-state index contributed by atoms with van der Waals surface area (Å²) >= 11 is 0. The lowest BCUT2D eigenvalue weighted by molar-refractivity contribution is -0.123. The lowest BCUT2D eigenvalue weighted by atomic mass is 9.73. The topological polar surface area (TPSA) is 126 Å². The van der Waals surface area contributed by atoms with Crippen LogP contribution in [0.3, 0.4) is 0 Å². The van der Waals surface area contributed by atoms with Crippen LogP contribution >= 0.6 is 0 Å². The minimum Gasteiger partial charge on any atom is -0.404 e. The van der Waals surface area contributed by atoms with Crippen LogP contribution in [0, 0.1) is 23.2 Å². The molecule has 6 atom stereocenters. The highest BCUT2D eigenvalue weighted by Crippen LogP contribution is 2.71. The van der Waals surface area contributed by atoms with Crippen molar-refractivity contribution in [3.05, 3.63) is 71.3 Å². The van der Waals surface area contributed by atoms with E-state index in [1.165, 1.54) is 12.1 Å². The second kappa shape index (κ2) is 11.2. The molecule has 2 aliphatic carbocycles. The zero-order valence-electron chi connectivity index (χ0n) is 24.3. The van der Waals surface area contributed by atoms with Crippen molar-refractivity contribution in [2.75, 3.05) is 0 Å². The van der Waals surface area contributed by atoms with Crippen LogP contribution in [0.1, 0.15) is 73.7 Å². The molecule has 1 aliphatic heterocycles. The molecule has 0 bridgehead atoms. The number of carbonyl (C=O) groups is 3. The van der Waals surface area contributed by atoms with Gasteiger partial charge in [0.1, 0.15) is 6.04 Å². The first kappa shape index (κ1) is 29.3. The van der Waals surface area contributed by atoms with E-state index in [1.54, 1.807) is 17.6 Å². The molecule has 3 fully saturated rings. The van der Waals surface area contributed by atoms with Crippen molar-refractivity contribution in [2.24, 2.45) is 23.2 Å². The lowest BCUT2D eigenvalue weighted by Gasteiger charge is -2.29. The van der Waals surface area contributed by atoms with Gasteiger partial charge in [-0.25, -0.2) is 5.48 Å². The van der Waals surface area contributed by atoms with Gasteiger partial charge >= 0.3 is 7.12 Å². The molecule has 3 amide bonds. The van der Waals surface area contributed by atoms with E-state index in [1.807, 2.05) is 30.3 Å². The van der Waals surface area contributed by atoms with Crippen LogP contribution in [-0.4, -0.2) is 53.7 Å². The quantitative estimate of drug-likeness (QED) is 0.200. The summed E-state index contributed by atoms with van der Waals surface area (Å²) in [5, 5.41) is 15.0. The van der Waals surface area contributed by atoms with Crippen molar-refractivity contribution < 1.29 is 28.9 Å². The highest BCUT2D eigenvalue weighted by molar-refractivity contribution is 6.48. The molecule has 9 nitrogen and oxygen atoms in total. The summed E-state index contributed by atoms with van der Waals surface area (Å²) in [4.78, 5) is 39.0. The average Bonchev–Trinajstić information content (AvgIpc) is 3.17. The van der Waals surface area contributed by atoms with E-state index in [0.717, 1.165) is 12.0 Å². The first-order chi connectivity index (χ1) is 19.4. The van der Waals surface area contributed by atoms with Gasteiger partial charge in [-0.3, -0.25) is 19.6 Å². The maximum absolute atomic E-state index is 13.9. The number of amides is 3. The van der Waals surface area contributed by atoms with E-state index in [0.29, 0.717) is 18.3 Å². The number of hydrogen-bond acceptors (Lipinski definition) is 6. The molecule has 1 saturated heterocycles. The summed E-state index contributed by atoms with van der Waals surface area (Å²) in [5.41, 5.74) is 2.66. The minimum absolute atomic E-state index is 0.00211. The Bertz CT molecular complexity index is 1300. The summed E-state index contributed by atoms with van der Waals surface area (Å²) in [7, 11) is -0.574. The molecule has 4 N–H and O–H groups in total. The van der Waals surface area contributed by atoms with Crippen molar-refractivity contribution in [3.63, 3.8) is 0 Å². The normalized spacial score (nSPS) is 27.0. The van der Waals surface area contributed by atoms with Crippen molar-refractivity contribution in [1.82, 2.24) is 16.1 Å². The molecular weight excluding hydrogens is 521 g/mol. The molecule has 218 valence electrons. The third-order valence-electron chi connectivity index (χ3n) is 9.13. The fourth-order valence-corrected chi connectivity index (χ4v) is 6.86. The molecule has 2 aromatic rings. The Kier molecular flexibility index (Phi) is 8.02. The number of benzene rings is 2. The highest BCUT2D eigenvalue weighted by atomic mass is 16.7. The van der Waals surface area contributed by atoms with E-state index in [2.05, 4.69) is 45.3 Å². The van der Waals surface area contributed by atoms with E-state index in [-0.39, 0.29) is 46.5 Å². The second-order valence-electron chi connectivity index (χ2n) is 13.0. The zero-order chi connectivity index (χ0) is 29.5. The fraction of sp³-hybridized carbons (Fsp3) is 0.516. The number of carbonyl (C=O) groups excluding carboxylic acids is 3. The SMILES string of the molecule is CC(C)C[C@H](NC(=O)[C@H](Cc1ccccc1)NC(=O)c1cccc(C(=O)NO)c1)B1OC2C3[C@H](C[C@]2(C)O1)C3(C)C. The number of fused-ring (bicyclic) bond motifs is 3. The van der Waals surface area contributed by atoms with Crippen molar-refractivity contribution in [2.45, 2.75) is 77.6 Å². The Hall–Kier alpha value is -3.21. The lowest BCUT2D eigenvalue weighted by Crippen LogP contribution is -2.55. The van der Waals surface area contributed by atoms with Gasteiger partial charge in [0.25, 0.3) is 11.8 Å². The molecule has 3 aliphatic rings. The van der Waals surface area contributed by atoms with Gasteiger partial charge in [0, 0.05) is 17.5 Å². The van der Waals surface area contributed by atoms with E-state index in [4.69, 9.17) is 14.5 Å². The molecule has 1 heterocycles. The molecular formula is C31H40BN3O6. The second-order valence-corrected chi connectivity index (χ2v) is 13.0. The Morgan fingerprint density at radius 2 is 1.68 bits per heavy atom. The minimum atomic E-state index is -0.891. The Balaban J connectivity index is 1.34. The molecule has 0 radical (unpaired) electrons. The molecule has 0 spiro atoms. The van der Waals surface area contributed by atoms with Gasteiger partial charge in [0.05, 0.1) is 17.6 Å². The maximum Gasteiger partial charge on any atom is 0.481 e. The monoisotopic (exact) mass is 561 g/mol. The predicted octanol–water partition coefficient (Wildman–Crippen LogP) is 3.56. The standard InChI is InChI=1S/C31H40BN3O6/c1-18(2)14-24(32-40-26-25-22(30(25,3)4)17-31(26,5)41-32)34-29(38)23(15-19-10-7-6-8-11-19)33-27(36)20-12-9-13-21(16-20)28(37)35-39/h6-13,16,18,22-26,39H,14-15,17H2,1-5H3,(H,33,36)(H,34,38)(H,35,37)/t22-,23-,24-,25?,26?,31-/m0/s1. The number of hydrogen-bond donors (Lipinski definition) is 4. The van der Waals surface area contributed by atoms with Crippen LogP contribution in [0.5, 0.6) is 0 Å². The van der Waals surface area contributed by atoms with E-state index in [9.17, 15) is 14.4 Å². The molecule has 5 rings (SSSR count). The van der Waals surface area contributed by atoms with Gasteiger partial charge in [-0.15, -0.1) is 0 Å². The first-order valence-electron chi connectivity index (χ1n) is 14.5. The van der Waals surface area contributed by atoms with E-state index < -0.39 is 30.9 Å². The molecule has 0 aromatic heterocycles. The summed E-state index contributed by atoms with van der Waals surface area (Å²) in [6, 6.07) is 14.5. The van der Waals surface area contributed by atoms with Crippen LogP contribution in [0.25, 0.3) is 0 Å². The molecule has 2 unspecified atom stereocenters. The van der Waals surface area contributed by atoms with Gasteiger partial charge < -0.3 is 19.9 Å². The van der Waals surface area contributed by atoms with Crippen LogP contribution in [0.4, 0.5) is 0 Å². The summed E-state index contributed by atoms with van der Waals surface area (Å²) in [6.07, 6.45) is 1.88. The molecule has 41 heavy (non-hydrogen) atoms. The fourth-order valence-electron chi connectivity index (χ4n) is 6.86. The number of hydroxylamine groups is 1. The highest BCUT2D eigenvalue weighted by Gasteiger charge is 2.74. The Morgan fingerprint density at radius 1 is 1.00 bits per heavy atom. The van der Waals surface area contributed by atoms with Crippen LogP contribution < -0.4 is 16.1 Å².